The van der Waals surface area contributed by atoms with Crippen LogP contribution in [0, 0.1) is 5.92 Å². The standard InChI is InChI=1S/C6H14N4/c1-10-4-7-2-5-3-8-9-6(5)10/h5-9H,2-4H2,1H3. The maximum Gasteiger partial charge on any atom is 0.0790 e. The van der Waals surface area contributed by atoms with Crippen molar-refractivity contribution in [2.24, 2.45) is 5.92 Å². The van der Waals surface area contributed by atoms with E-state index in [0.29, 0.717) is 6.17 Å². The Morgan fingerprint density at radius 1 is 1.40 bits per heavy atom. The van der Waals surface area contributed by atoms with Gasteiger partial charge < -0.3 is 5.32 Å². The van der Waals surface area contributed by atoms with E-state index in [1.165, 1.54) is 0 Å². The molecule has 2 unspecified atom stereocenters. The molecule has 2 atom stereocenters. The molecule has 2 aliphatic heterocycles. The first-order valence-corrected chi connectivity index (χ1v) is 3.77. The fourth-order valence-corrected chi connectivity index (χ4v) is 1.70. The Bertz CT molecular complexity index is 127. The third-order valence-corrected chi connectivity index (χ3v) is 2.30. The van der Waals surface area contributed by atoms with Crippen molar-refractivity contribution in [3.05, 3.63) is 0 Å². The molecule has 2 saturated heterocycles. The van der Waals surface area contributed by atoms with E-state index in [9.17, 15) is 0 Å². The van der Waals surface area contributed by atoms with Crippen LogP contribution in [0.5, 0.6) is 0 Å². The van der Waals surface area contributed by atoms with Crippen molar-refractivity contribution in [2.45, 2.75) is 6.17 Å². The van der Waals surface area contributed by atoms with Crippen molar-refractivity contribution in [3.63, 3.8) is 0 Å². The number of nitrogens with one attached hydrogen (secondary N) is 3. The summed E-state index contributed by atoms with van der Waals surface area (Å²) in [6.07, 6.45) is 0.543. The topological polar surface area (TPSA) is 39.3 Å². The van der Waals surface area contributed by atoms with Gasteiger partial charge in [0.15, 0.2) is 0 Å². The highest BCUT2D eigenvalue weighted by molar-refractivity contribution is 4.85. The maximum absolute atomic E-state index is 3.35. The van der Waals surface area contributed by atoms with Crippen molar-refractivity contribution in [1.29, 1.82) is 0 Å². The molecule has 4 nitrogen and oxygen atoms in total. The monoisotopic (exact) mass is 142 g/mol. The molecule has 0 aromatic rings. The molecule has 0 aliphatic carbocycles. The zero-order valence-corrected chi connectivity index (χ0v) is 6.22. The van der Waals surface area contributed by atoms with Crippen LogP contribution in [0.25, 0.3) is 0 Å². The van der Waals surface area contributed by atoms with Gasteiger partial charge >= 0.3 is 0 Å². The van der Waals surface area contributed by atoms with Crippen molar-refractivity contribution in [2.75, 3.05) is 26.8 Å². The molecular weight excluding hydrogens is 128 g/mol. The van der Waals surface area contributed by atoms with E-state index in [4.69, 9.17) is 0 Å². The molecule has 0 radical (unpaired) electrons. The lowest BCUT2D eigenvalue weighted by Gasteiger charge is -2.34. The lowest BCUT2D eigenvalue weighted by atomic mass is 10.1. The number of rotatable bonds is 0. The number of hydrogen-bond acceptors (Lipinski definition) is 4. The lowest BCUT2D eigenvalue weighted by Crippen LogP contribution is -2.55. The molecule has 10 heavy (non-hydrogen) atoms. The fourth-order valence-electron chi connectivity index (χ4n) is 1.70. The van der Waals surface area contributed by atoms with Gasteiger partial charge in [-0.1, -0.05) is 0 Å². The van der Waals surface area contributed by atoms with Gasteiger partial charge in [0.1, 0.15) is 0 Å². The Hall–Kier alpha value is -0.160. The van der Waals surface area contributed by atoms with E-state index < -0.39 is 0 Å². The minimum Gasteiger partial charge on any atom is -0.304 e. The van der Waals surface area contributed by atoms with Crippen LogP contribution >= 0.6 is 0 Å². The largest absolute Gasteiger partial charge is 0.304 e. The molecule has 4 heteroatoms. The van der Waals surface area contributed by atoms with E-state index in [0.717, 1.165) is 25.7 Å². The predicted molar refractivity (Wildman–Crippen MR) is 39.0 cm³/mol. The van der Waals surface area contributed by atoms with Crippen LogP contribution in [0.3, 0.4) is 0 Å². The van der Waals surface area contributed by atoms with Crippen LogP contribution in [-0.4, -0.2) is 37.9 Å². The van der Waals surface area contributed by atoms with Crippen molar-refractivity contribution >= 4 is 0 Å². The smallest absolute Gasteiger partial charge is 0.0790 e. The highest BCUT2D eigenvalue weighted by Crippen LogP contribution is 2.12. The number of hydrogen-bond donors (Lipinski definition) is 3. The van der Waals surface area contributed by atoms with Gasteiger partial charge in [0, 0.05) is 25.7 Å². The van der Waals surface area contributed by atoms with Crippen molar-refractivity contribution in [3.8, 4) is 0 Å². The summed E-state index contributed by atoms with van der Waals surface area (Å²) in [6, 6.07) is 0. The summed E-state index contributed by atoms with van der Waals surface area (Å²) < 4.78 is 0. The molecule has 2 rings (SSSR count). The second-order valence-corrected chi connectivity index (χ2v) is 3.10. The molecule has 2 aliphatic rings. The van der Waals surface area contributed by atoms with Gasteiger partial charge in [0.25, 0.3) is 0 Å². The zero-order valence-electron chi connectivity index (χ0n) is 6.22. The van der Waals surface area contributed by atoms with Crippen LogP contribution in [0.1, 0.15) is 0 Å². The highest BCUT2D eigenvalue weighted by Gasteiger charge is 2.32. The maximum atomic E-state index is 3.35. The van der Waals surface area contributed by atoms with Crippen molar-refractivity contribution < 1.29 is 0 Å². The first kappa shape index (κ1) is 6.54. The summed E-state index contributed by atoms with van der Waals surface area (Å²) in [5.74, 6) is 0.735. The van der Waals surface area contributed by atoms with Gasteiger partial charge in [0.05, 0.1) is 6.17 Å². The molecule has 0 amide bonds. The Kier molecular flexibility index (Phi) is 1.61. The lowest BCUT2D eigenvalue weighted by molar-refractivity contribution is 0.124. The van der Waals surface area contributed by atoms with Gasteiger partial charge in [-0.25, -0.2) is 5.43 Å². The molecule has 2 heterocycles. The summed E-state index contributed by atoms with van der Waals surface area (Å²) in [6.45, 7) is 3.22. The number of fused-ring (bicyclic) bond motifs is 1. The fraction of sp³-hybridized carbons (Fsp3) is 1.00. The molecule has 3 N–H and O–H groups in total. The molecule has 0 aromatic carbocycles. The number of nitrogens with zero attached hydrogens (tertiary/aromatic N) is 1. The molecule has 0 saturated carbocycles. The first-order valence-electron chi connectivity index (χ1n) is 3.77. The molecule has 58 valence electrons. The van der Waals surface area contributed by atoms with Gasteiger partial charge in [-0.2, -0.15) is 0 Å². The normalized spacial score (nSPS) is 41.7. The van der Waals surface area contributed by atoms with Gasteiger partial charge in [-0.15, -0.1) is 0 Å². The van der Waals surface area contributed by atoms with Gasteiger partial charge in [-0.3, -0.25) is 10.3 Å². The summed E-state index contributed by atoms with van der Waals surface area (Å²) in [7, 11) is 2.13. The summed E-state index contributed by atoms with van der Waals surface area (Å²) in [5, 5.41) is 3.35. The summed E-state index contributed by atoms with van der Waals surface area (Å²) >= 11 is 0. The van der Waals surface area contributed by atoms with Crippen molar-refractivity contribution in [1.82, 2.24) is 21.1 Å². The minimum absolute atomic E-state index is 0.543. The molecule has 0 aromatic heterocycles. The van der Waals surface area contributed by atoms with Gasteiger partial charge in [-0.05, 0) is 7.05 Å². The Balaban J connectivity index is 2.03. The SMILES string of the molecule is CN1CNCC2CNNC21. The second kappa shape index (κ2) is 2.47. The summed E-state index contributed by atoms with van der Waals surface area (Å²) in [4.78, 5) is 2.29. The van der Waals surface area contributed by atoms with Crippen LogP contribution in [-0.2, 0) is 0 Å². The highest BCUT2D eigenvalue weighted by atomic mass is 15.5. The molecule has 0 spiro atoms. The van der Waals surface area contributed by atoms with E-state index in [2.05, 4.69) is 28.1 Å². The zero-order chi connectivity index (χ0) is 6.97. The second-order valence-electron chi connectivity index (χ2n) is 3.10. The minimum atomic E-state index is 0.543. The van der Waals surface area contributed by atoms with Gasteiger partial charge in [0.2, 0.25) is 0 Å². The molecule has 2 fully saturated rings. The average Bonchev–Trinajstić information content (AvgIpc) is 2.36. The third-order valence-electron chi connectivity index (χ3n) is 2.30. The molecular formula is C6H14N4. The third kappa shape index (κ3) is 0.932. The predicted octanol–water partition coefficient (Wildman–Crippen LogP) is -1.47. The molecule has 0 bridgehead atoms. The Morgan fingerprint density at radius 2 is 2.30 bits per heavy atom. The quantitative estimate of drug-likeness (QED) is 0.386. The van der Waals surface area contributed by atoms with E-state index in [1.807, 2.05) is 0 Å². The van der Waals surface area contributed by atoms with Crippen LogP contribution < -0.4 is 16.2 Å². The van der Waals surface area contributed by atoms with E-state index in [1.54, 1.807) is 0 Å². The Morgan fingerprint density at radius 3 is 3.10 bits per heavy atom. The van der Waals surface area contributed by atoms with E-state index >= 15 is 0 Å². The Labute approximate surface area is 60.9 Å². The van der Waals surface area contributed by atoms with Crippen LogP contribution in [0.2, 0.25) is 0 Å². The van der Waals surface area contributed by atoms with E-state index in [-0.39, 0.29) is 0 Å². The first-order chi connectivity index (χ1) is 4.88. The average molecular weight is 142 g/mol. The number of hydrazine groups is 1. The van der Waals surface area contributed by atoms with Crippen LogP contribution in [0.4, 0.5) is 0 Å². The summed E-state index contributed by atoms with van der Waals surface area (Å²) in [5.41, 5.74) is 6.41. The van der Waals surface area contributed by atoms with Crippen LogP contribution in [0.15, 0.2) is 0 Å².